The van der Waals surface area contributed by atoms with E-state index in [2.05, 4.69) is 43.9 Å². The molecule has 1 fully saturated rings. The van der Waals surface area contributed by atoms with E-state index in [1.165, 1.54) is 11.3 Å². The number of fused-ring (bicyclic) bond motifs is 1. The number of nitrogens with zero attached hydrogens (tertiary/aromatic N) is 4. The highest BCUT2D eigenvalue weighted by Crippen LogP contribution is 2.35. The maximum absolute atomic E-state index is 6.13. The molecule has 0 amide bonds. The molecule has 3 heterocycles. The first kappa shape index (κ1) is 16.2. The molecule has 3 aromatic rings. The Hall–Kier alpha value is -1.26. The van der Waals surface area contributed by atoms with Crippen LogP contribution in [0.5, 0.6) is 5.75 Å². The van der Waals surface area contributed by atoms with Gasteiger partial charge in [-0.1, -0.05) is 38.9 Å². The van der Waals surface area contributed by atoms with Crippen LogP contribution in [0.2, 0.25) is 5.02 Å². The number of benzene rings is 1. The topological polar surface area (TPSA) is 76.4 Å². The molecule has 1 saturated heterocycles. The molecule has 0 spiro atoms. The van der Waals surface area contributed by atoms with Crippen LogP contribution in [0.4, 0.5) is 0 Å². The summed E-state index contributed by atoms with van der Waals surface area (Å²) in [5.74, 6) is 1.29. The summed E-state index contributed by atoms with van der Waals surface area (Å²) in [4.78, 5) is 0.966. The van der Waals surface area contributed by atoms with Gasteiger partial charge in [0.05, 0.1) is 23.5 Å². The maximum atomic E-state index is 6.13. The fourth-order valence-corrected chi connectivity index (χ4v) is 4.45. The molecule has 2 aromatic heterocycles. The average Bonchev–Trinajstić information content (AvgIpc) is 3.23. The SMILES string of the molecule is COc1ccc(Cl)cc1-c1nnc2sc(C3NNC(C)C3Br)nn12. The van der Waals surface area contributed by atoms with Crippen LogP contribution in [0.15, 0.2) is 18.2 Å². The number of hydrazine groups is 1. The minimum Gasteiger partial charge on any atom is -0.496 e. The van der Waals surface area contributed by atoms with Crippen LogP contribution in [0.3, 0.4) is 0 Å². The van der Waals surface area contributed by atoms with E-state index in [9.17, 15) is 0 Å². The van der Waals surface area contributed by atoms with Gasteiger partial charge in [0.1, 0.15) is 10.8 Å². The second-order valence-corrected chi connectivity index (χ2v) is 7.98. The van der Waals surface area contributed by atoms with Gasteiger partial charge in [-0.3, -0.25) is 5.43 Å². The van der Waals surface area contributed by atoms with Crippen molar-refractivity contribution >= 4 is 43.8 Å². The third-order valence-corrected chi connectivity index (χ3v) is 6.48. The number of hydrogen-bond acceptors (Lipinski definition) is 7. The molecule has 3 unspecified atom stereocenters. The molecular weight excluding hydrogens is 416 g/mol. The standard InChI is InChI=1S/C14H14BrClN6OS/c1-6-10(15)11(18-17-6)13-21-22-12(19-20-14(22)24-13)8-5-7(16)3-4-9(8)23-2/h3-6,10-11,17-18H,1-2H3. The lowest BCUT2D eigenvalue weighted by atomic mass is 10.1. The van der Waals surface area contributed by atoms with E-state index in [1.54, 1.807) is 23.8 Å². The normalized spacial score (nSPS) is 23.9. The van der Waals surface area contributed by atoms with Crippen LogP contribution in [-0.2, 0) is 0 Å². The smallest absolute Gasteiger partial charge is 0.235 e. The number of nitrogens with one attached hydrogen (secondary N) is 2. The zero-order chi connectivity index (χ0) is 16.8. The third-order valence-electron chi connectivity index (χ3n) is 3.94. The van der Waals surface area contributed by atoms with Gasteiger partial charge in [0.2, 0.25) is 4.96 Å². The van der Waals surface area contributed by atoms with Crippen LogP contribution < -0.4 is 15.6 Å². The fourth-order valence-electron chi connectivity index (χ4n) is 2.65. The Morgan fingerprint density at radius 1 is 1.33 bits per heavy atom. The first-order valence-electron chi connectivity index (χ1n) is 7.29. The fraction of sp³-hybridized carbons (Fsp3) is 0.357. The quantitative estimate of drug-likeness (QED) is 0.624. The molecule has 1 aromatic carbocycles. The van der Waals surface area contributed by atoms with Gasteiger partial charge in [-0.15, -0.1) is 10.2 Å². The summed E-state index contributed by atoms with van der Waals surface area (Å²) in [7, 11) is 1.61. The highest BCUT2D eigenvalue weighted by atomic mass is 79.9. The molecule has 10 heteroatoms. The zero-order valence-corrected chi connectivity index (χ0v) is 16.0. The van der Waals surface area contributed by atoms with E-state index in [-0.39, 0.29) is 10.9 Å². The van der Waals surface area contributed by atoms with Gasteiger partial charge in [0, 0.05) is 11.1 Å². The molecule has 2 N–H and O–H groups in total. The van der Waals surface area contributed by atoms with Crippen molar-refractivity contribution < 1.29 is 4.74 Å². The number of rotatable bonds is 3. The Kier molecular flexibility index (Phi) is 4.21. The predicted molar refractivity (Wildman–Crippen MR) is 96.8 cm³/mol. The van der Waals surface area contributed by atoms with Crippen molar-refractivity contribution in [2.24, 2.45) is 0 Å². The van der Waals surface area contributed by atoms with Crippen LogP contribution in [0.25, 0.3) is 16.3 Å². The molecule has 0 radical (unpaired) electrons. The molecule has 1 aliphatic heterocycles. The minimum atomic E-state index is 0.0702. The van der Waals surface area contributed by atoms with Crippen molar-refractivity contribution in [2.75, 3.05) is 7.11 Å². The number of methoxy groups -OCH3 is 1. The third kappa shape index (κ3) is 2.60. The van der Waals surface area contributed by atoms with E-state index in [0.717, 1.165) is 15.5 Å². The lowest BCUT2D eigenvalue weighted by molar-refractivity contribution is 0.416. The largest absolute Gasteiger partial charge is 0.496 e. The first-order valence-corrected chi connectivity index (χ1v) is 9.40. The number of aromatic nitrogens is 4. The maximum Gasteiger partial charge on any atom is 0.235 e. The highest BCUT2D eigenvalue weighted by Gasteiger charge is 2.35. The average molecular weight is 430 g/mol. The van der Waals surface area contributed by atoms with Crippen molar-refractivity contribution in [3.63, 3.8) is 0 Å². The lowest BCUT2D eigenvalue weighted by Crippen LogP contribution is -2.29. The van der Waals surface area contributed by atoms with Gasteiger partial charge in [0.25, 0.3) is 0 Å². The van der Waals surface area contributed by atoms with E-state index in [4.69, 9.17) is 21.4 Å². The van der Waals surface area contributed by atoms with Gasteiger partial charge < -0.3 is 4.74 Å². The number of hydrogen-bond donors (Lipinski definition) is 2. The summed E-state index contributed by atoms with van der Waals surface area (Å²) in [6.45, 7) is 2.11. The van der Waals surface area contributed by atoms with Crippen molar-refractivity contribution in [1.29, 1.82) is 0 Å². The van der Waals surface area contributed by atoms with E-state index < -0.39 is 0 Å². The second-order valence-electron chi connectivity index (χ2n) is 5.50. The summed E-state index contributed by atoms with van der Waals surface area (Å²) < 4.78 is 7.15. The highest BCUT2D eigenvalue weighted by molar-refractivity contribution is 9.09. The molecule has 7 nitrogen and oxygen atoms in total. The molecule has 3 atom stereocenters. The van der Waals surface area contributed by atoms with Crippen molar-refractivity contribution in [1.82, 2.24) is 30.7 Å². The summed E-state index contributed by atoms with van der Waals surface area (Å²) >= 11 is 11.3. The second kappa shape index (κ2) is 6.23. The van der Waals surface area contributed by atoms with Gasteiger partial charge >= 0.3 is 0 Å². The monoisotopic (exact) mass is 428 g/mol. The summed E-state index contributed by atoms with van der Waals surface area (Å²) in [6, 6.07) is 5.77. The molecule has 0 bridgehead atoms. The van der Waals surface area contributed by atoms with E-state index in [0.29, 0.717) is 22.6 Å². The minimum absolute atomic E-state index is 0.0702. The molecule has 1 aliphatic rings. The first-order chi connectivity index (χ1) is 11.6. The number of ether oxygens (including phenoxy) is 1. The Morgan fingerprint density at radius 3 is 2.88 bits per heavy atom. The Bertz CT molecular complexity index is 899. The Balaban J connectivity index is 1.80. The molecule has 0 saturated carbocycles. The summed E-state index contributed by atoms with van der Waals surface area (Å²) in [5.41, 5.74) is 7.23. The van der Waals surface area contributed by atoms with Crippen LogP contribution in [0, 0.1) is 0 Å². The summed E-state index contributed by atoms with van der Waals surface area (Å²) in [5, 5.41) is 14.7. The van der Waals surface area contributed by atoms with Crippen molar-refractivity contribution in [2.45, 2.75) is 23.8 Å². The Morgan fingerprint density at radius 2 is 2.17 bits per heavy atom. The van der Waals surface area contributed by atoms with Crippen LogP contribution >= 0.6 is 38.9 Å². The molecule has 4 rings (SSSR count). The van der Waals surface area contributed by atoms with Gasteiger partial charge in [-0.05, 0) is 25.1 Å². The molecular formula is C14H14BrClN6OS. The number of alkyl halides is 1. The molecule has 126 valence electrons. The summed E-state index contributed by atoms with van der Waals surface area (Å²) in [6.07, 6.45) is 0. The number of halogens is 2. The molecule has 24 heavy (non-hydrogen) atoms. The van der Waals surface area contributed by atoms with Crippen molar-refractivity contribution in [3.8, 4) is 17.1 Å². The van der Waals surface area contributed by atoms with Crippen molar-refractivity contribution in [3.05, 3.63) is 28.2 Å². The van der Waals surface area contributed by atoms with Gasteiger partial charge in [-0.2, -0.15) is 9.61 Å². The zero-order valence-electron chi connectivity index (χ0n) is 12.8. The lowest BCUT2D eigenvalue weighted by Gasteiger charge is -2.10. The van der Waals surface area contributed by atoms with E-state index in [1.807, 2.05) is 6.07 Å². The van der Waals surface area contributed by atoms with E-state index >= 15 is 0 Å². The Labute approximate surface area is 155 Å². The molecule has 0 aliphatic carbocycles. The predicted octanol–water partition coefficient (Wildman–Crippen LogP) is 2.82. The van der Waals surface area contributed by atoms with Gasteiger partial charge in [-0.25, -0.2) is 5.43 Å². The van der Waals surface area contributed by atoms with Crippen LogP contribution in [0.1, 0.15) is 18.0 Å². The van der Waals surface area contributed by atoms with Crippen LogP contribution in [-0.4, -0.2) is 37.8 Å². The van der Waals surface area contributed by atoms with Gasteiger partial charge in [0.15, 0.2) is 5.82 Å².